The monoisotopic (exact) mass is 418 g/mol. The number of para-hydroxylation sites is 3. The SMILES string of the molecule is CCN(CC)CCOc1ccccc1NC(=O)c1ccc(COc2ccccc2)cc1. The van der Waals surface area contributed by atoms with Crippen LogP contribution in [0.25, 0.3) is 0 Å². The lowest BCUT2D eigenvalue weighted by molar-refractivity contribution is 0.102. The van der Waals surface area contributed by atoms with Crippen LogP contribution in [0, 0.1) is 0 Å². The number of nitrogens with zero attached hydrogens (tertiary/aromatic N) is 1. The molecule has 31 heavy (non-hydrogen) atoms. The molecule has 162 valence electrons. The van der Waals surface area contributed by atoms with E-state index in [0.717, 1.165) is 30.9 Å². The summed E-state index contributed by atoms with van der Waals surface area (Å²) in [6.07, 6.45) is 0. The molecule has 0 saturated heterocycles. The second-order valence-corrected chi connectivity index (χ2v) is 7.12. The zero-order valence-electron chi connectivity index (χ0n) is 18.2. The van der Waals surface area contributed by atoms with Gasteiger partial charge < -0.3 is 19.7 Å². The molecule has 0 atom stereocenters. The first-order valence-corrected chi connectivity index (χ1v) is 10.7. The zero-order chi connectivity index (χ0) is 21.9. The molecule has 0 fully saturated rings. The lowest BCUT2D eigenvalue weighted by Gasteiger charge is -2.19. The van der Waals surface area contributed by atoms with Crippen LogP contribution in [0.4, 0.5) is 5.69 Å². The van der Waals surface area contributed by atoms with E-state index in [-0.39, 0.29) is 5.91 Å². The lowest BCUT2D eigenvalue weighted by Crippen LogP contribution is -2.28. The normalized spacial score (nSPS) is 10.7. The Morgan fingerprint density at radius 1 is 0.839 bits per heavy atom. The summed E-state index contributed by atoms with van der Waals surface area (Å²) in [5.41, 5.74) is 2.26. The molecule has 1 N–H and O–H groups in total. The van der Waals surface area contributed by atoms with E-state index in [1.54, 1.807) is 0 Å². The van der Waals surface area contributed by atoms with E-state index < -0.39 is 0 Å². The number of ether oxygens (including phenoxy) is 2. The van der Waals surface area contributed by atoms with Gasteiger partial charge in [0.2, 0.25) is 0 Å². The molecule has 5 nitrogen and oxygen atoms in total. The smallest absolute Gasteiger partial charge is 0.255 e. The first kappa shape index (κ1) is 22.4. The Labute approximate surface area is 184 Å². The average Bonchev–Trinajstić information content (AvgIpc) is 2.82. The third-order valence-electron chi connectivity index (χ3n) is 5.06. The first-order chi connectivity index (χ1) is 15.2. The minimum atomic E-state index is -0.171. The molecule has 5 heteroatoms. The summed E-state index contributed by atoms with van der Waals surface area (Å²) >= 11 is 0. The number of rotatable bonds is 11. The van der Waals surface area contributed by atoms with Gasteiger partial charge in [0, 0.05) is 12.1 Å². The summed E-state index contributed by atoms with van der Waals surface area (Å²) in [7, 11) is 0. The predicted octanol–water partition coefficient (Wildman–Crippen LogP) is 5.24. The minimum Gasteiger partial charge on any atom is -0.490 e. The fraction of sp³-hybridized carbons (Fsp3) is 0.269. The topological polar surface area (TPSA) is 50.8 Å². The summed E-state index contributed by atoms with van der Waals surface area (Å²) in [4.78, 5) is 15.0. The van der Waals surface area contributed by atoms with Crippen molar-refractivity contribution in [2.24, 2.45) is 0 Å². The van der Waals surface area contributed by atoms with Crippen LogP contribution in [0.1, 0.15) is 29.8 Å². The number of carbonyl (C=O) groups excluding carboxylic acids is 1. The van der Waals surface area contributed by atoms with Gasteiger partial charge in [-0.25, -0.2) is 0 Å². The molecule has 3 aromatic carbocycles. The molecule has 0 bridgehead atoms. The van der Waals surface area contributed by atoms with Crippen molar-refractivity contribution < 1.29 is 14.3 Å². The van der Waals surface area contributed by atoms with Crippen LogP contribution in [-0.2, 0) is 6.61 Å². The highest BCUT2D eigenvalue weighted by Crippen LogP contribution is 2.24. The number of nitrogens with one attached hydrogen (secondary N) is 1. The van der Waals surface area contributed by atoms with Crippen molar-refractivity contribution in [3.63, 3.8) is 0 Å². The summed E-state index contributed by atoms with van der Waals surface area (Å²) in [5.74, 6) is 1.33. The van der Waals surface area contributed by atoms with Gasteiger partial charge in [0.25, 0.3) is 5.91 Å². The Morgan fingerprint density at radius 3 is 2.23 bits per heavy atom. The Kier molecular flexibility index (Phi) is 8.49. The molecule has 3 aromatic rings. The van der Waals surface area contributed by atoms with E-state index in [4.69, 9.17) is 9.47 Å². The maximum Gasteiger partial charge on any atom is 0.255 e. The summed E-state index contributed by atoms with van der Waals surface area (Å²) in [6.45, 7) is 8.13. The molecule has 0 aromatic heterocycles. The van der Waals surface area contributed by atoms with E-state index in [1.165, 1.54) is 0 Å². The fourth-order valence-electron chi connectivity index (χ4n) is 3.15. The van der Waals surface area contributed by atoms with E-state index in [1.807, 2.05) is 78.9 Å². The molecule has 0 aliphatic carbocycles. The maximum absolute atomic E-state index is 12.7. The average molecular weight is 419 g/mol. The largest absolute Gasteiger partial charge is 0.490 e. The molecule has 1 amide bonds. The highest BCUT2D eigenvalue weighted by Gasteiger charge is 2.10. The number of anilines is 1. The van der Waals surface area contributed by atoms with E-state index in [2.05, 4.69) is 24.1 Å². The van der Waals surface area contributed by atoms with Gasteiger partial charge >= 0.3 is 0 Å². The van der Waals surface area contributed by atoms with Crippen molar-refractivity contribution in [2.45, 2.75) is 20.5 Å². The second kappa shape index (κ2) is 11.8. The van der Waals surface area contributed by atoms with E-state index >= 15 is 0 Å². The number of likely N-dealkylation sites (N-methyl/N-ethyl adjacent to an activating group) is 1. The van der Waals surface area contributed by atoms with E-state index in [9.17, 15) is 4.79 Å². The number of benzene rings is 3. The maximum atomic E-state index is 12.7. The predicted molar refractivity (Wildman–Crippen MR) is 125 cm³/mol. The highest BCUT2D eigenvalue weighted by atomic mass is 16.5. The van der Waals surface area contributed by atoms with Gasteiger partial charge in [0.15, 0.2) is 0 Å². The van der Waals surface area contributed by atoms with Crippen molar-refractivity contribution in [3.05, 3.63) is 90.0 Å². The van der Waals surface area contributed by atoms with Crippen LogP contribution in [0.3, 0.4) is 0 Å². The molecule has 0 saturated carbocycles. The van der Waals surface area contributed by atoms with Crippen molar-refractivity contribution in [1.82, 2.24) is 4.90 Å². The summed E-state index contributed by atoms with van der Waals surface area (Å²) < 4.78 is 11.7. The third-order valence-corrected chi connectivity index (χ3v) is 5.06. The molecular formula is C26H30N2O3. The number of hydrogen-bond acceptors (Lipinski definition) is 4. The molecule has 0 aliphatic heterocycles. The van der Waals surface area contributed by atoms with Crippen molar-refractivity contribution >= 4 is 11.6 Å². The number of amides is 1. The first-order valence-electron chi connectivity index (χ1n) is 10.7. The van der Waals surface area contributed by atoms with Crippen LogP contribution < -0.4 is 14.8 Å². The quantitative estimate of drug-likeness (QED) is 0.463. The Bertz CT molecular complexity index is 938. The fourth-order valence-corrected chi connectivity index (χ4v) is 3.15. The molecule has 0 heterocycles. The van der Waals surface area contributed by atoms with Gasteiger partial charge in [-0.15, -0.1) is 0 Å². The zero-order valence-corrected chi connectivity index (χ0v) is 18.2. The Hall–Kier alpha value is -3.31. The minimum absolute atomic E-state index is 0.171. The van der Waals surface area contributed by atoms with Crippen molar-refractivity contribution in [1.29, 1.82) is 0 Å². The Morgan fingerprint density at radius 2 is 1.52 bits per heavy atom. The van der Waals surface area contributed by atoms with Gasteiger partial charge in [-0.05, 0) is 55.1 Å². The third kappa shape index (κ3) is 6.86. The van der Waals surface area contributed by atoms with Crippen LogP contribution in [-0.4, -0.2) is 37.0 Å². The van der Waals surface area contributed by atoms with Crippen LogP contribution >= 0.6 is 0 Å². The molecule has 0 radical (unpaired) electrons. The van der Waals surface area contributed by atoms with Gasteiger partial charge in [0.1, 0.15) is 24.7 Å². The molecule has 0 spiro atoms. The van der Waals surface area contributed by atoms with Gasteiger partial charge in [-0.1, -0.05) is 56.3 Å². The van der Waals surface area contributed by atoms with E-state index in [0.29, 0.717) is 30.2 Å². The lowest BCUT2D eigenvalue weighted by atomic mass is 10.1. The summed E-state index contributed by atoms with van der Waals surface area (Å²) in [6, 6.07) is 24.6. The molecule has 0 unspecified atom stereocenters. The summed E-state index contributed by atoms with van der Waals surface area (Å²) in [5, 5.41) is 2.96. The van der Waals surface area contributed by atoms with Gasteiger partial charge in [-0.3, -0.25) is 4.79 Å². The molecule has 3 rings (SSSR count). The van der Waals surface area contributed by atoms with Crippen molar-refractivity contribution in [2.75, 3.05) is 31.6 Å². The molecule has 0 aliphatic rings. The number of hydrogen-bond donors (Lipinski definition) is 1. The molecular weight excluding hydrogens is 388 g/mol. The van der Waals surface area contributed by atoms with Crippen LogP contribution in [0.5, 0.6) is 11.5 Å². The van der Waals surface area contributed by atoms with Crippen LogP contribution in [0.2, 0.25) is 0 Å². The van der Waals surface area contributed by atoms with Crippen LogP contribution in [0.15, 0.2) is 78.9 Å². The Balaban J connectivity index is 1.56. The standard InChI is InChI=1S/C26H30N2O3/c1-3-28(4-2)18-19-30-25-13-9-8-12-24(25)27-26(29)22-16-14-21(15-17-22)20-31-23-10-6-5-7-11-23/h5-17H,3-4,18-20H2,1-2H3,(H,27,29). The van der Waals surface area contributed by atoms with Crippen molar-refractivity contribution in [3.8, 4) is 11.5 Å². The number of carbonyl (C=O) groups is 1. The van der Waals surface area contributed by atoms with Gasteiger partial charge in [0.05, 0.1) is 5.69 Å². The second-order valence-electron chi connectivity index (χ2n) is 7.12. The highest BCUT2D eigenvalue weighted by molar-refractivity contribution is 6.05. The van der Waals surface area contributed by atoms with Gasteiger partial charge in [-0.2, -0.15) is 0 Å².